The average molecular weight is 273 g/mol. The first kappa shape index (κ1) is 12.9. The van der Waals surface area contributed by atoms with Gasteiger partial charge in [0.2, 0.25) is 0 Å². The first-order valence-electron chi connectivity index (χ1n) is 6.40. The number of rotatable bonds is 2. The number of fused-ring (bicyclic) bond motifs is 1. The van der Waals surface area contributed by atoms with Crippen molar-refractivity contribution in [1.82, 2.24) is 4.90 Å². The van der Waals surface area contributed by atoms with Gasteiger partial charge in [-0.3, -0.25) is 9.69 Å². The van der Waals surface area contributed by atoms with Crippen LogP contribution in [0.2, 0.25) is 0 Å². The second kappa shape index (κ2) is 4.45. The normalized spacial score (nSPS) is 28.3. The molecule has 0 aliphatic carbocycles. The second-order valence-corrected chi connectivity index (χ2v) is 5.02. The van der Waals surface area contributed by atoms with Crippen molar-refractivity contribution >= 4 is 11.9 Å². The molecule has 5 heteroatoms. The molecular weight excluding hydrogens is 258 g/mol. The van der Waals surface area contributed by atoms with Crippen LogP contribution in [0.25, 0.3) is 0 Å². The summed E-state index contributed by atoms with van der Waals surface area (Å²) in [5.74, 6) is -0.966. The Morgan fingerprint density at radius 1 is 1.40 bits per heavy atom. The molecule has 2 aliphatic heterocycles. The van der Waals surface area contributed by atoms with Gasteiger partial charge in [-0.2, -0.15) is 0 Å². The predicted octanol–water partition coefficient (Wildman–Crippen LogP) is 1.42. The van der Waals surface area contributed by atoms with Crippen LogP contribution in [0.15, 0.2) is 42.0 Å². The van der Waals surface area contributed by atoms with Crippen molar-refractivity contribution in [3.63, 3.8) is 0 Å². The van der Waals surface area contributed by atoms with E-state index in [2.05, 4.69) is 4.74 Å². The first-order valence-corrected chi connectivity index (χ1v) is 6.40. The quantitative estimate of drug-likeness (QED) is 0.604. The van der Waals surface area contributed by atoms with Crippen molar-refractivity contribution < 1.29 is 19.1 Å². The Balaban J connectivity index is 1.97. The SMILES string of the molecule is COC(=O)C1=C[C@@]2(C)OC[C@H](c3ccccc3)N2C1=O. The molecule has 0 spiro atoms. The number of methoxy groups -OCH3 is 1. The Hall–Kier alpha value is -2.14. The third kappa shape index (κ3) is 1.74. The third-order valence-corrected chi connectivity index (χ3v) is 3.77. The fraction of sp³-hybridized carbons (Fsp3) is 0.333. The summed E-state index contributed by atoms with van der Waals surface area (Å²) < 4.78 is 10.4. The number of hydrogen-bond acceptors (Lipinski definition) is 4. The Morgan fingerprint density at radius 3 is 2.75 bits per heavy atom. The fourth-order valence-electron chi connectivity index (χ4n) is 2.79. The fourth-order valence-corrected chi connectivity index (χ4v) is 2.79. The zero-order valence-corrected chi connectivity index (χ0v) is 11.3. The van der Waals surface area contributed by atoms with Crippen LogP contribution in [0.5, 0.6) is 0 Å². The largest absolute Gasteiger partial charge is 0.465 e. The summed E-state index contributed by atoms with van der Waals surface area (Å²) in [5.41, 5.74) is 0.154. The highest BCUT2D eigenvalue weighted by Crippen LogP contribution is 2.43. The van der Waals surface area contributed by atoms with Crippen LogP contribution >= 0.6 is 0 Å². The highest BCUT2D eigenvalue weighted by Gasteiger charge is 2.53. The standard InChI is InChI=1S/C15H15NO4/c1-15-8-11(14(18)19-2)13(17)16(15)12(9-20-15)10-6-4-3-5-7-10/h3-8,12H,9H2,1-2H3/t12-,15-/m1/s1. The molecule has 3 rings (SSSR count). The molecule has 2 aliphatic rings. The molecule has 104 valence electrons. The zero-order chi connectivity index (χ0) is 14.3. The number of hydrogen-bond donors (Lipinski definition) is 0. The van der Waals surface area contributed by atoms with Gasteiger partial charge in [0.05, 0.1) is 19.8 Å². The van der Waals surface area contributed by atoms with Crippen molar-refractivity contribution in [2.75, 3.05) is 13.7 Å². The van der Waals surface area contributed by atoms with Crippen molar-refractivity contribution in [2.45, 2.75) is 18.7 Å². The maximum atomic E-state index is 12.5. The summed E-state index contributed by atoms with van der Waals surface area (Å²) >= 11 is 0. The lowest BCUT2D eigenvalue weighted by Gasteiger charge is -2.29. The minimum absolute atomic E-state index is 0.0376. The molecule has 20 heavy (non-hydrogen) atoms. The highest BCUT2D eigenvalue weighted by molar-refractivity contribution is 6.18. The molecule has 2 heterocycles. The van der Waals surface area contributed by atoms with E-state index in [1.807, 2.05) is 30.3 Å². The maximum Gasteiger partial charge on any atom is 0.343 e. The molecule has 0 bridgehead atoms. The average Bonchev–Trinajstić information content (AvgIpc) is 2.93. The van der Waals surface area contributed by atoms with Gasteiger partial charge in [0.15, 0.2) is 5.72 Å². The van der Waals surface area contributed by atoms with E-state index >= 15 is 0 Å². The summed E-state index contributed by atoms with van der Waals surface area (Å²) in [6.45, 7) is 2.20. The van der Waals surface area contributed by atoms with Gasteiger partial charge < -0.3 is 9.47 Å². The Labute approximate surface area is 116 Å². The summed E-state index contributed by atoms with van der Waals surface area (Å²) in [6, 6.07) is 9.46. The summed E-state index contributed by atoms with van der Waals surface area (Å²) in [7, 11) is 1.26. The van der Waals surface area contributed by atoms with Crippen LogP contribution in [-0.2, 0) is 19.1 Å². The molecule has 5 nitrogen and oxygen atoms in total. The minimum atomic E-state index is -0.874. The highest BCUT2D eigenvalue weighted by atomic mass is 16.5. The Bertz CT molecular complexity index is 595. The number of carbonyl (C=O) groups excluding carboxylic acids is 2. The number of nitrogens with zero attached hydrogens (tertiary/aromatic N) is 1. The van der Waals surface area contributed by atoms with E-state index in [1.165, 1.54) is 7.11 Å². The Kier molecular flexibility index (Phi) is 2.87. The number of ether oxygens (including phenoxy) is 2. The van der Waals surface area contributed by atoms with Crippen LogP contribution in [0.1, 0.15) is 18.5 Å². The van der Waals surface area contributed by atoms with Crippen molar-refractivity contribution in [3.05, 3.63) is 47.5 Å². The summed E-state index contributed by atoms with van der Waals surface area (Å²) in [6.07, 6.45) is 1.55. The lowest BCUT2D eigenvalue weighted by molar-refractivity contribution is -0.141. The number of esters is 1. The third-order valence-electron chi connectivity index (χ3n) is 3.77. The van der Waals surface area contributed by atoms with Crippen molar-refractivity contribution in [2.24, 2.45) is 0 Å². The number of benzene rings is 1. The molecule has 0 radical (unpaired) electrons. The van der Waals surface area contributed by atoms with Crippen LogP contribution in [0, 0.1) is 0 Å². The van der Waals surface area contributed by atoms with Crippen LogP contribution in [-0.4, -0.2) is 36.2 Å². The van der Waals surface area contributed by atoms with E-state index in [4.69, 9.17) is 4.74 Å². The minimum Gasteiger partial charge on any atom is -0.465 e. The number of amides is 1. The second-order valence-electron chi connectivity index (χ2n) is 5.02. The zero-order valence-electron chi connectivity index (χ0n) is 11.3. The smallest absolute Gasteiger partial charge is 0.343 e. The van der Waals surface area contributed by atoms with Gasteiger partial charge in [-0.1, -0.05) is 30.3 Å². The van der Waals surface area contributed by atoms with Crippen LogP contribution < -0.4 is 0 Å². The van der Waals surface area contributed by atoms with Gasteiger partial charge in [-0.15, -0.1) is 0 Å². The first-order chi connectivity index (χ1) is 9.57. The molecule has 1 amide bonds. The molecule has 1 fully saturated rings. The predicted molar refractivity (Wildman–Crippen MR) is 70.5 cm³/mol. The monoisotopic (exact) mass is 273 g/mol. The molecule has 0 N–H and O–H groups in total. The molecule has 0 saturated carbocycles. The lowest BCUT2D eigenvalue weighted by atomic mass is 10.1. The van der Waals surface area contributed by atoms with E-state index < -0.39 is 11.7 Å². The van der Waals surface area contributed by atoms with Gasteiger partial charge in [-0.25, -0.2) is 4.79 Å². The van der Waals surface area contributed by atoms with Crippen LogP contribution in [0.3, 0.4) is 0 Å². The van der Waals surface area contributed by atoms with Gasteiger partial charge >= 0.3 is 5.97 Å². The summed E-state index contributed by atoms with van der Waals surface area (Å²) in [5, 5.41) is 0. The van der Waals surface area contributed by atoms with Gasteiger partial charge in [0, 0.05) is 0 Å². The molecular formula is C15H15NO4. The maximum absolute atomic E-state index is 12.5. The molecule has 0 unspecified atom stereocenters. The molecule has 1 aromatic carbocycles. The van der Waals surface area contributed by atoms with Gasteiger partial charge in [0.25, 0.3) is 5.91 Å². The van der Waals surface area contributed by atoms with E-state index in [-0.39, 0.29) is 17.5 Å². The van der Waals surface area contributed by atoms with Gasteiger partial charge in [0.1, 0.15) is 5.57 Å². The van der Waals surface area contributed by atoms with E-state index in [0.717, 1.165) is 5.56 Å². The molecule has 1 aromatic rings. The van der Waals surface area contributed by atoms with E-state index in [0.29, 0.717) is 6.61 Å². The Morgan fingerprint density at radius 2 is 2.10 bits per heavy atom. The van der Waals surface area contributed by atoms with E-state index in [9.17, 15) is 9.59 Å². The van der Waals surface area contributed by atoms with E-state index in [1.54, 1.807) is 17.9 Å². The number of carbonyl (C=O) groups is 2. The molecule has 2 atom stereocenters. The topological polar surface area (TPSA) is 55.8 Å². The van der Waals surface area contributed by atoms with Crippen molar-refractivity contribution in [3.8, 4) is 0 Å². The van der Waals surface area contributed by atoms with Crippen LogP contribution in [0.4, 0.5) is 0 Å². The summed E-state index contributed by atoms with van der Waals surface area (Å²) in [4.78, 5) is 25.7. The lowest BCUT2D eigenvalue weighted by Crippen LogP contribution is -2.41. The van der Waals surface area contributed by atoms with Crippen molar-refractivity contribution in [1.29, 1.82) is 0 Å². The molecule has 0 aromatic heterocycles. The van der Waals surface area contributed by atoms with Gasteiger partial charge in [-0.05, 0) is 18.6 Å². The molecule has 1 saturated heterocycles.